The van der Waals surface area contributed by atoms with Gasteiger partial charge in [0.2, 0.25) is 5.91 Å². The van der Waals surface area contributed by atoms with Crippen molar-refractivity contribution in [3.8, 4) is 5.69 Å². The second-order valence-electron chi connectivity index (χ2n) is 8.35. The lowest BCUT2D eigenvalue weighted by Crippen LogP contribution is -2.45. The monoisotopic (exact) mass is 463 g/mol. The van der Waals surface area contributed by atoms with E-state index in [2.05, 4.69) is 14.8 Å². The molecule has 1 unspecified atom stereocenters. The summed E-state index contributed by atoms with van der Waals surface area (Å²) in [5, 5.41) is 7.69. The highest BCUT2D eigenvalue weighted by Gasteiger charge is 2.39. The normalized spacial score (nSPS) is 18.8. The topological polar surface area (TPSA) is 96.7 Å². The summed E-state index contributed by atoms with van der Waals surface area (Å²) in [4.78, 5) is 15.2. The molecule has 1 atom stereocenters. The van der Waals surface area contributed by atoms with E-state index in [-0.39, 0.29) is 10.8 Å². The number of amidine groups is 1. The molecule has 0 spiro atoms. The van der Waals surface area contributed by atoms with Gasteiger partial charge in [0.15, 0.2) is 5.84 Å². The number of nitrogens with one attached hydrogen (secondary N) is 1. The van der Waals surface area contributed by atoms with Gasteiger partial charge in [-0.1, -0.05) is 30.3 Å². The predicted molar refractivity (Wildman–Crippen MR) is 125 cm³/mol. The van der Waals surface area contributed by atoms with Gasteiger partial charge < -0.3 is 10.2 Å². The van der Waals surface area contributed by atoms with Crippen LogP contribution in [-0.2, 0) is 21.4 Å². The SMILES string of the molecule is Cc1nn(-c2ccccc2)c(C)c1CNC(=O)C1CCCN1C1=NS(=O)(=O)c2ccccc21. The number of nitrogens with zero attached hydrogens (tertiary/aromatic N) is 4. The highest BCUT2D eigenvalue weighted by molar-refractivity contribution is 7.90. The third-order valence-electron chi connectivity index (χ3n) is 6.32. The lowest BCUT2D eigenvalue weighted by Gasteiger charge is -2.25. The number of aromatic nitrogens is 2. The van der Waals surface area contributed by atoms with Crippen LogP contribution in [0.15, 0.2) is 63.9 Å². The number of para-hydroxylation sites is 1. The first-order valence-electron chi connectivity index (χ1n) is 11.0. The molecule has 1 N–H and O–H groups in total. The Morgan fingerprint density at radius 3 is 2.61 bits per heavy atom. The molecule has 5 rings (SSSR count). The smallest absolute Gasteiger partial charge is 0.285 e. The van der Waals surface area contributed by atoms with Crippen molar-refractivity contribution in [3.05, 3.63) is 77.1 Å². The molecule has 3 aromatic rings. The number of hydrogen-bond acceptors (Lipinski definition) is 5. The van der Waals surface area contributed by atoms with Crippen molar-refractivity contribution in [1.82, 2.24) is 20.0 Å². The van der Waals surface area contributed by atoms with Crippen LogP contribution in [0.3, 0.4) is 0 Å². The molecule has 9 heteroatoms. The van der Waals surface area contributed by atoms with Crippen molar-refractivity contribution in [2.75, 3.05) is 6.54 Å². The van der Waals surface area contributed by atoms with Crippen molar-refractivity contribution < 1.29 is 13.2 Å². The van der Waals surface area contributed by atoms with Gasteiger partial charge in [-0.3, -0.25) is 4.79 Å². The molecule has 1 amide bonds. The zero-order valence-electron chi connectivity index (χ0n) is 18.5. The van der Waals surface area contributed by atoms with Gasteiger partial charge in [-0.2, -0.15) is 13.5 Å². The molecule has 8 nitrogen and oxygen atoms in total. The molecule has 3 heterocycles. The summed E-state index contributed by atoms with van der Waals surface area (Å²) in [6, 6.07) is 16.2. The second-order valence-corrected chi connectivity index (χ2v) is 9.92. The summed E-state index contributed by atoms with van der Waals surface area (Å²) >= 11 is 0. The van der Waals surface area contributed by atoms with E-state index >= 15 is 0 Å². The van der Waals surface area contributed by atoms with Crippen molar-refractivity contribution in [3.63, 3.8) is 0 Å². The number of amides is 1. The predicted octanol–water partition coefficient (Wildman–Crippen LogP) is 2.72. The molecule has 0 bridgehead atoms. The number of sulfonamides is 1. The molecule has 1 saturated heterocycles. The Morgan fingerprint density at radius 1 is 1.09 bits per heavy atom. The molecule has 0 saturated carbocycles. The lowest BCUT2D eigenvalue weighted by molar-refractivity contribution is -0.124. The molecular weight excluding hydrogens is 438 g/mol. The molecule has 0 aliphatic carbocycles. The van der Waals surface area contributed by atoms with Crippen LogP contribution < -0.4 is 5.32 Å². The fourth-order valence-electron chi connectivity index (χ4n) is 4.63. The van der Waals surface area contributed by atoms with E-state index in [1.165, 1.54) is 0 Å². The van der Waals surface area contributed by atoms with E-state index in [4.69, 9.17) is 0 Å². The number of likely N-dealkylation sites (tertiary alicyclic amines) is 1. The van der Waals surface area contributed by atoms with Crippen LogP contribution in [0.4, 0.5) is 0 Å². The van der Waals surface area contributed by atoms with E-state index in [1.54, 1.807) is 24.3 Å². The Balaban J connectivity index is 1.35. The Bertz CT molecular complexity index is 1360. The number of fused-ring (bicyclic) bond motifs is 1. The van der Waals surface area contributed by atoms with Crippen LogP contribution in [0, 0.1) is 13.8 Å². The molecule has 2 aliphatic rings. The molecule has 2 aromatic carbocycles. The van der Waals surface area contributed by atoms with Crippen molar-refractivity contribution in [1.29, 1.82) is 0 Å². The number of rotatable bonds is 4. The highest BCUT2D eigenvalue weighted by Crippen LogP contribution is 2.31. The Hall–Kier alpha value is -3.46. The van der Waals surface area contributed by atoms with Gasteiger partial charge in [0.25, 0.3) is 10.0 Å². The molecule has 0 radical (unpaired) electrons. The van der Waals surface area contributed by atoms with Gasteiger partial charge >= 0.3 is 0 Å². The van der Waals surface area contributed by atoms with Gasteiger partial charge in [-0.15, -0.1) is 4.40 Å². The van der Waals surface area contributed by atoms with Crippen LogP contribution in [0.2, 0.25) is 0 Å². The molecule has 1 aromatic heterocycles. The second kappa shape index (κ2) is 8.15. The number of benzene rings is 2. The van der Waals surface area contributed by atoms with Gasteiger partial charge in [0, 0.05) is 29.9 Å². The van der Waals surface area contributed by atoms with Gasteiger partial charge in [0.05, 0.1) is 11.4 Å². The van der Waals surface area contributed by atoms with E-state index < -0.39 is 16.1 Å². The number of carbonyl (C=O) groups is 1. The third-order valence-corrected chi connectivity index (χ3v) is 7.65. The summed E-state index contributed by atoms with van der Waals surface area (Å²) < 4.78 is 30.8. The fourth-order valence-corrected chi connectivity index (χ4v) is 5.85. The van der Waals surface area contributed by atoms with E-state index in [0.29, 0.717) is 30.9 Å². The summed E-state index contributed by atoms with van der Waals surface area (Å²) in [5.41, 5.74) is 4.34. The van der Waals surface area contributed by atoms with Crippen LogP contribution in [0.1, 0.15) is 35.4 Å². The van der Waals surface area contributed by atoms with Crippen LogP contribution in [-0.4, -0.2) is 47.4 Å². The maximum atomic E-state index is 13.2. The molecule has 1 fully saturated rings. The molecular formula is C24H25N5O3S. The van der Waals surface area contributed by atoms with E-state index in [0.717, 1.165) is 29.1 Å². The zero-order chi connectivity index (χ0) is 23.2. The molecule has 33 heavy (non-hydrogen) atoms. The Kier molecular flexibility index (Phi) is 5.28. The maximum Gasteiger partial charge on any atom is 0.285 e. The fraction of sp³-hybridized carbons (Fsp3) is 0.292. The lowest BCUT2D eigenvalue weighted by atomic mass is 10.1. The van der Waals surface area contributed by atoms with Crippen LogP contribution in [0.25, 0.3) is 5.69 Å². The van der Waals surface area contributed by atoms with E-state index in [9.17, 15) is 13.2 Å². The average molecular weight is 464 g/mol. The summed E-state index contributed by atoms with van der Waals surface area (Å²) in [7, 11) is -3.73. The number of carbonyl (C=O) groups excluding carboxylic acids is 1. The van der Waals surface area contributed by atoms with Crippen molar-refractivity contribution >= 4 is 21.8 Å². The summed E-state index contributed by atoms with van der Waals surface area (Å²) in [6.07, 6.45) is 1.44. The first kappa shape index (κ1) is 21.4. The minimum Gasteiger partial charge on any atom is -0.350 e. The first-order valence-corrected chi connectivity index (χ1v) is 12.4. The molecule has 170 valence electrons. The third kappa shape index (κ3) is 3.72. The zero-order valence-corrected chi connectivity index (χ0v) is 19.3. The van der Waals surface area contributed by atoms with Crippen molar-refractivity contribution in [2.45, 2.75) is 44.2 Å². The summed E-state index contributed by atoms with van der Waals surface area (Å²) in [6.45, 7) is 4.87. The molecule has 2 aliphatic heterocycles. The van der Waals surface area contributed by atoms with Gasteiger partial charge in [0.1, 0.15) is 10.9 Å². The quantitative estimate of drug-likeness (QED) is 0.642. The van der Waals surface area contributed by atoms with Gasteiger partial charge in [-0.25, -0.2) is 4.68 Å². The minimum absolute atomic E-state index is 0.136. The van der Waals surface area contributed by atoms with Crippen molar-refractivity contribution in [2.24, 2.45) is 4.40 Å². The average Bonchev–Trinajstić information content (AvgIpc) is 3.48. The summed E-state index contributed by atoms with van der Waals surface area (Å²) in [5.74, 6) is 0.232. The van der Waals surface area contributed by atoms with Crippen LogP contribution >= 0.6 is 0 Å². The first-order chi connectivity index (χ1) is 15.9. The Labute approximate surface area is 193 Å². The standard InChI is InChI=1S/C24H25N5O3S/c1-16-20(17(2)29(26-16)18-9-4-3-5-10-18)15-25-24(30)21-12-8-14-28(21)23-19-11-6-7-13-22(19)33(31,32)27-23/h3-7,9-11,13,21H,8,12,14-15H2,1-2H3,(H,25,30). The maximum absolute atomic E-state index is 13.2. The highest BCUT2D eigenvalue weighted by atomic mass is 32.2. The van der Waals surface area contributed by atoms with Crippen LogP contribution in [0.5, 0.6) is 0 Å². The number of hydrogen-bond donors (Lipinski definition) is 1. The largest absolute Gasteiger partial charge is 0.350 e. The van der Waals surface area contributed by atoms with Gasteiger partial charge in [-0.05, 0) is 51.0 Å². The van der Waals surface area contributed by atoms with E-state index in [1.807, 2.05) is 53.8 Å². The number of aryl methyl sites for hydroxylation is 1. The minimum atomic E-state index is -3.73. The Morgan fingerprint density at radius 2 is 1.82 bits per heavy atom.